The summed E-state index contributed by atoms with van der Waals surface area (Å²) in [5.74, 6) is 0.669. The van der Waals surface area contributed by atoms with Crippen LogP contribution in [0.4, 0.5) is 0 Å². The average Bonchev–Trinajstić information content (AvgIpc) is 2.45. The fraction of sp³-hybridized carbons (Fsp3) is 0.333. The zero-order chi connectivity index (χ0) is 9.42. The van der Waals surface area contributed by atoms with E-state index in [1.165, 1.54) is 11.1 Å². The molecule has 0 fully saturated rings. The van der Waals surface area contributed by atoms with Crippen LogP contribution in [0.25, 0.3) is 6.08 Å². The van der Waals surface area contributed by atoms with E-state index in [0.29, 0.717) is 10.1 Å². The van der Waals surface area contributed by atoms with Crippen LogP contribution in [-0.4, -0.2) is 0 Å². The summed E-state index contributed by atoms with van der Waals surface area (Å²) in [6, 6.07) is 8.70. The van der Waals surface area contributed by atoms with Gasteiger partial charge in [0.2, 0.25) is 0 Å². The Morgan fingerprint density at radius 3 is 2.12 bits per heavy atom. The van der Waals surface area contributed by atoms with E-state index in [1.54, 1.807) is 5.57 Å². The van der Waals surface area contributed by atoms with Gasteiger partial charge in [-0.15, -0.1) is 0 Å². The Balaban J connectivity index is 0. The second-order valence-corrected chi connectivity index (χ2v) is 4.76. The molecule has 1 atom stereocenters. The van der Waals surface area contributed by atoms with Gasteiger partial charge in [-0.2, -0.15) is 0 Å². The zero-order valence-electron chi connectivity index (χ0n) is 9.18. The summed E-state index contributed by atoms with van der Waals surface area (Å²) in [7, 11) is 0. The molecular weight excluding hydrogens is 298 g/mol. The molecule has 16 heavy (non-hydrogen) atoms. The van der Waals surface area contributed by atoms with Crippen molar-refractivity contribution in [2.45, 2.75) is 18.1 Å². The Morgan fingerprint density at radius 1 is 1.06 bits per heavy atom. The summed E-state index contributed by atoms with van der Waals surface area (Å²) in [4.78, 5) is 0. The van der Waals surface area contributed by atoms with Gasteiger partial charge in [0, 0.05) is 0 Å². The van der Waals surface area contributed by atoms with Crippen LogP contribution in [-0.2, 0) is 20.4 Å². The molecule has 1 unspecified atom stereocenters. The molecule has 0 N–H and O–H groups in total. The van der Waals surface area contributed by atoms with Crippen molar-refractivity contribution in [2.24, 2.45) is 5.92 Å². The molecule has 0 aliphatic heterocycles. The molecule has 2 rings (SSSR count). The summed E-state index contributed by atoms with van der Waals surface area (Å²) in [6.07, 6.45) is 2.35. The molecule has 0 bridgehead atoms. The molecule has 4 heteroatoms. The van der Waals surface area contributed by atoms with Crippen molar-refractivity contribution in [3.63, 3.8) is 0 Å². The van der Waals surface area contributed by atoms with Crippen molar-refractivity contribution >= 4 is 6.08 Å². The summed E-state index contributed by atoms with van der Waals surface area (Å²) in [5.41, 5.74) is 4.48. The zero-order valence-corrected chi connectivity index (χ0v) is 13.0. The normalized spacial score (nSPS) is 16.6. The van der Waals surface area contributed by atoms with E-state index in [4.69, 9.17) is 0 Å². The van der Waals surface area contributed by atoms with Crippen LogP contribution in [0, 0.1) is 5.92 Å². The molecule has 0 aromatic heterocycles. The van der Waals surface area contributed by atoms with E-state index >= 15 is 0 Å². The maximum atomic E-state index is 2.35. The molecule has 1 aliphatic rings. The van der Waals surface area contributed by atoms with Gasteiger partial charge in [0.15, 0.2) is 0 Å². The van der Waals surface area contributed by atoms with Crippen LogP contribution in [0.5, 0.6) is 0 Å². The molecular formula is C12H13Cl3Ti. The third-order valence-electron chi connectivity index (χ3n) is 2.63. The Kier molecular flexibility index (Phi) is 9.20. The number of rotatable bonds is 1. The maximum absolute atomic E-state index is 2.35. The van der Waals surface area contributed by atoms with E-state index < -0.39 is 0 Å². The van der Waals surface area contributed by atoms with Crippen LogP contribution in [0.2, 0.25) is 0 Å². The Morgan fingerprint density at radius 2 is 1.62 bits per heavy atom. The molecule has 0 radical (unpaired) electrons. The second-order valence-electron chi connectivity index (χ2n) is 3.86. The molecule has 0 amide bonds. The predicted molar refractivity (Wildman–Crippen MR) is 52.0 cm³/mol. The third-order valence-corrected chi connectivity index (χ3v) is 3.64. The molecule has 0 nitrogen and oxygen atoms in total. The Labute approximate surface area is 128 Å². The Bertz CT molecular complexity index is 361. The minimum absolute atomic E-state index is 0. The monoisotopic (exact) mass is 310 g/mol. The molecule has 0 saturated carbocycles. The van der Waals surface area contributed by atoms with Crippen LogP contribution in [0.15, 0.2) is 29.8 Å². The van der Waals surface area contributed by atoms with Gasteiger partial charge in [0.1, 0.15) is 0 Å². The van der Waals surface area contributed by atoms with Crippen molar-refractivity contribution in [2.75, 3.05) is 0 Å². The number of fused-ring (bicyclic) bond motifs is 1. The van der Waals surface area contributed by atoms with Gasteiger partial charge in [0.05, 0.1) is 0 Å². The van der Waals surface area contributed by atoms with Crippen molar-refractivity contribution < 1.29 is 57.7 Å². The minimum Gasteiger partial charge on any atom is -1.00 e. The quantitative estimate of drug-likeness (QED) is 0.454. The first kappa shape index (κ1) is 18.9. The third kappa shape index (κ3) is 3.52. The smallest absolute Gasteiger partial charge is 1.00 e. The number of benzene rings is 1. The molecule has 1 aromatic carbocycles. The number of hydrogen-bond acceptors (Lipinski definition) is 0. The fourth-order valence-corrected chi connectivity index (χ4v) is 2.91. The van der Waals surface area contributed by atoms with E-state index in [9.17, 15) is 0 Å². The second kappa shape index (κ2) is 7.79. The van der Waals surface area contributed by atoms with E-state index in [1.807, 2.05) is 0 Å². The molecule has 0 saturated heterocycles. The molecule has 0 spiro atoms. The molecule has 86 valence electrons. The van der Waals surface area contributed by atoms with Gasteiger partial charge in [0.25, 0.3) is 0 Å². The predicted octanol–water partition coefficient (Wildman–Crippen LogP) is -5.66. The summed E-state index contributed by atoms with van der Waals surface area (Å²) >= 11 is 2.30. The van der Waals surface area contributed by atoms with E-state index in [0.717, 1.165) is 0 Å². The molecule has 1 aliphatic carbocycles. The summed E-state index contributed by atoms with van der Waals surface area (Å²) in [6.45, 7) is 4.54. The van der Waals surface area contributed by atoms with Gasteiger partial charge >= 0.3 is 91.5 Å². The van der Waals surface area contributed by atoms with Crippen molar-refractivity contribution in [3.8, 4) is 0 Å². The van der Waals surface area contributed by atoms with Crippen molar-refractivity contribution in [3.05, 3.63) is 41.0 Å². The van der Waals surface area contributed by atoms with Crippen molar-refractivity contribution in [1.29, 1.82) is 0 Å². The summed E-state index contributed by atoms with van der Waals surface area (Å²) < 4.78 is 0.621. The Hall–Kier alpha value is 0.544. The standard InChI is InChI=1S/C12H13.3ClH.Ti/c1-9(2)12-7-10-5-3-4-6-11(10)8-12;;;;/h3-9H,1-2H3;3*1H;/q;;;;+3/p-3. The first-order valence-corrected chi connectivity index (χ1v) is 5.62. The van der Waals surface area contributed by atoms with Crippen LogP contribution >= 0.6 is 0 Å². The molecule has 1 aromatic rings. The van der Waals surface area contributed by atoms with Gasteiger partial charge in [-0.1, -0.05) is 0 Å². The summed E-state index contributed by atoms with van der Waals surface area (Å²) in [5, 5.41) is 0. The number of halogens is 3. The number of allylic oxidation sites excluding steroid dienone is 1. The minimum atomic E-state index is 0. The fourth-order valence-electron chi connectivity index (χ4n) is 1.85. The van der Waals surface area contributed by atoms with Crippen LogP contribution in [0.3, 0.4) is 0 Å². The van der Waals surface area contributed by atoms with Crippen LogP contribution in [0.1, 0.15) is 29.2 Å². The van der Waals surface area contributed by atoms with Crippen LogP contribution < -0.4 is 37.2 Å². The van der Waals surface area contributed by atoms with Gasteiger partial charge in [-0.3, -0.25) is 0 Å². The van der Waals surface area contributed by atoms with Crippen molar-refractivity contribution in [1.82, 2.24) is 0 Å². The van der Waals surface area contributed by atoms with Gasteiger partial charge in [-0.05, 0) is 0 Å². The topological polar surface area (TPSA) is 0 Å². The average molecular weight is 311 g/mol. The SMILES string of the molecule is CC(C)C1=Cc2ccccc2[CH]1[Ti+3].[Cl-].[Cl-].[Cl-]. The molecule has 0 heterocycles. The maximum Gasteiger partial charge on any atom is -1.00 e. The van der Waals surface area contributed by atoms with E-state index in [2.05, 4.69) is 64.6 Å². The van der Waals surface area contributed by atoms with Gasteiger partial charge < -0.3 is 37.2 Å². The first-order chi connectivity index (χ1) is 6.20. The van der Waals surface area contributed by atoms with Gasteiger partial charge in [-0.25, -0.2) is 0 Å². The largest absolute Gasteiger partial charge is 1.00 e. The van der Waals surface area contributed by atoms with E-state index in [-0.39, 0.29) is 37.2 Å². The first-order valence-electron chi connectivity index (χ1n) is 4.71. The number of hydrogen-bond donors (Lipinski definition) is 0.